The number of alkyl halides is 6. The third-order valence-corrected chi connectivity index (χ3v) is 2.69. The highest BCUT2D eigenvalue weighted by atomic mass is 35.6. The van der Waals surface area contributed by atoms with Crippen LogP contribution in [0.3, 0.4) is 0 Å². The van der Waals surface area contributed by atoms with Crippen LogP contribution in [0.4, 0.5) is 4.39 Å². The lowest BCUT2D eigenvalue weighted by molar-refractivity contribution is 0.315. The van der Waals surface area contributed by atoms with Crippen LogP contribution in [0.25, 0.3) is 0 Å². The summed E-state index contributed by atoms with van der Waals surface area (Å²) in [5.41, 5.74) is 0. The average Bonchev–Trinajstić information content (AvgIpc) is 1.64. The molecule has 0 radical (unpaired) electrons. The van der Waals surface area contributed by atoms with Crippen LogP contribution in [-0.2, 0) is 0 Å². The highest BCUT2D eigenvalue weighted by molar-refractivity contribution is 6.71. The Labute approximate surface area is 77.2 Å². The molecule has 6 heteroatoms. The van der Waals surface area contributed by atoms with Gasteiger partial charge in [-0.3, -0.25) is 0 Å². The molecule has 0 aliphatic rings. The maximum atomic E-state index is 12.6. The van der Waals surface area contributed by atoms with Crippen LogP contribution in [0.15, 0.2) is 0 Å². The molecule has 0 aromatic carbocycles. The van der Waals surface area contributed by atoms with Gasteiger partial charge in [-0.05, 0) is 0 Å². The zero-order valence-corrected chi connectivity index (χ0v) is 7.75. The maximum absolute atomic E-state index is 12.6. The third kappa shape index (κ3) is 2.85. The standard InChI is InChI=1S/C3H2Cl5F/c4-1-2(5,9)3(6,7)8/h1H2. The van der Waals surface area contributed by atoms with Crippen LogP contribution in [0.2, 0.25) is 0 Å². The molecule has 1 atom stereocenters. The Bertz CT molecular complexity index is 94.9. The van der Waals surface area contributed by atoms with Gasteiger partial charge in [-0.15, -0.1) is 11.6 Å². The predicted octanol–water partition coefficient (Wildman–Crippen LogP) is 3.50. The largest absolute Gasteiger partial charge is 0.243 e. The molecule has 0 rings (SSSR count). The molecule has 56 valence electrons. The summed E-state index contributed by atoms with van der Waals surface area (Å²) in [6.07, 6.45) is 0. The Morgan fingerprint density at radius 2 is 1.44 bits per heavy atom. The van der Waals surface area contributed by atoms with Crippen molar-refractivity contribution >= 4 is 58.0 Å². The fourth-order valence-corrected chi connectivity index (χ4v) is 0.682. The van der Waals surface area contributed by atoms with Gasteiger partial charge in [-0.2, -0.15) is 0 Å². The molecule has 0 saturated carbocycles. The van der Waals surface area contributed by atoms with Crippen molar-refractivity contribution in [3.05, 3.63) is 0 Å². The molecule has 0 aliphatic heterocycles. The van der Waals surface area contributed by atoms with Crippen LogP contribution < -0.4 is 0 Å². The molecule has 0 aliphatic carbocycles. The summed E-state index contributed by atoms with van der Waals surface area (Å²) in [7, 11) is 0. The summed E-state index contributed by atoms with van der Waals surface area (Å²) in [6, 6.07) is 0. The Hall–Kier alpha value is 1.38. The van der Waals surface area contributed by atoms with Gasteiger partial charge in [-0.25, -0.2) is 4.39 Å². The van der Waals surface area contributed by atoms with Gasteiger partial charge < -0.3 is 0 Å². The lowest BCUT2D eigenvalue weighted by Crippen LogP contribution is -2.33. The van der Waals surface area contributed by atoms with Crippen molar-refractivity contribution in [3.8, 4) is 0 Å². The van der Waals surface area contributed by atoms with Crippen molar-refractivity contribution in [1.29, 1.82) is 0 Å². The lowest BCUT2D eigenvalue weighted by atomic mass is 10.5. The SMILES string of the molecule is FC(Cl)(CCl)C(Cl)(Cl)Cl. The average molecular weight is 234 g/mol. The fourth-order valence-electron chi connectivity index (χ4n) is 0.0758. The van der Waals surface area contributed by atoms with Crippen LogP contribution in [-0.4, -0.2) is 14.8 Å². The lowest BCUT2D eigenvalue weighted by Gasteiger charge is -2.22. The van der Waals surface area contributed by atoms with Crippen molar-refractivity contribution in [2.45, 2.75) is 8.92 Å². The van der Waals surface area contributed by atoms with Crippen LogP contribution in [0, 0.1) is 0 Å². The molecule has 1 unspecified atom stereocenters. The molecule has 0 N–H and O–H groups in total. The van der Waals surface area contributed by atoms with Crippen molar-refractivity contribution < 1.29 is 4.39 Å². The molecule has 9 heavy (non-hydrogen) atoms. The molecular weight excluding hydrogens is 232 g/mol. The first-order valence-electron chi connectivity index (χ1n) is 1.82. The minimum absolute atomic E-state index is 0.564. The maximum Gasteiger partial charge on any atom is 0.243 e. The quantitative estimate of drug-likeness (QED) is 0.609. The molecule has 0 spiro atoms. The van der Waals surface area contributed by atoms with Crippen molar-refractivity contribution in [1.82, 2.24) is 0 Å². The van der Waals surface area contributed by atoms with Gasteiger partial charge in [-0.1, -0.05) is 46.4 Å². The van der Waals surface area contributed by atoms with Gasteiger partial charge in [0.1, 0.15) is 0 Å². The second-order valence-corrected chi connectivity index (χ2v) is 4.48. The van der Waals surface area contributed by atoms with E-state index in [1.54, 1.807) is 0 Å². The Kier molecular flexibility index (Phi) is 3.67. The van der Waals surface area contributed by atoms with Gasteiger partial charge in [0.05, 0.1) is 5.88 Å². The molecule has 0 aromatic rings. The molecule has 0 heterocycles. The number of hydrogen-bond acceptors (Lipinski definition) is 0. The molecule has 0 bridgehead atoms. The van der Waals surface area contributed by atoms with E-state index in [1.165, 1.54) is 0 Å². The Balaban J connectivity index is 4.14. The minimum Gasteiger partial charge on any atom is -0.220 e. The third-order valence-electron chi connectivity index (χ3n) is 0.583. The van der Waals surface area contributed by atoms with E-state index >= 15 is 0 Å². The molecule has 0 saturated heterocycles. The second-order valence-electron chi connectivity index (χ2n) is 1.34. The Morgan fingerprint density at radius 1 is 1.11 bits per heavy atom. The van der Waals surface area contributed by atoms with Crippen molar-refractivity contribution in [2.75, 3.05) is 5.88 Å². The fraction of sp³-hybridized carbons (Fsp3) is 1.00. The number of hydrogen-bond donors (Lipinski definition) is 0. The topological polar surface area (TPSA) is 0 Å². The molecule has 0 fully saturated rings. The van der Waals surface area contributed by atoms with E-state index in [1.807, 2.05) is 0 Å². The van der Waals surface area contributed by atoms with Crippen molar-refractivity contribution in [2.24, 2.45) is 0 Å². The van der Waals surface area contributed by atoms with E-state index < -0.39 is 14.8 Å². The number of rotatable bonds is 1. The minimum atomic E-state index is -2.49. The van der Waals surface area contributed by atoms with E-state index in [0.29, 0.717) is 0 Å². The molecule has 0 nitrogen and oxygen atoms in total. The molecule has 0 amide bonds. The summed E-state index contributed by atoms with van der Waals surface area (Å²) in [6.45, 7) is 0. The van der Waals surface area contributed by atoms with Crippen molar-refractivity contribution in [3.63, 3.8) is 0 Å². The zero-order valence-electron chi connectivity index (χ0n) is 3.97. The highest BCUT2D eigenvalue weighted by Gasteiger charge is 2.47. The van der Waals surface area contributed by atoms with E-state index in [2.05, 4.69) is 0 Å². The summed E-state index contributed by atoms with van der Waals surface area (Å²) in [5.74, 6) is -0.564. The monoisotopic (exact) mass is 232 g/mol. The van der Waals surface area contributed by atoms with E-state index in [9.17, 15) is 4.39 Å². The first-order chi connectivity index (χ1) is 3.81. The van der Waals surface area contributed by atoms with E-state index in [0.717, 1.165) is 0 Å². The van der Waals surface area contributed by atoms with E-state index in [-0.39, 0.29) is 0 Å². The van der Waals surface area contributed by atoms with Gasteiger partial charge >= 0.3 is 0 Å². The Morgan fingerprint density at radius 3 is 1.44 bits per heavy atom. The predicted molar refractivity (Wildman–Crippen MR) is 40.7 cm³/mol. The smallest absolute Gasteiger partial charge is 0.220 e. The summed E-state index contributed by atoms with van der Waals surface area (Å²) in [4.78, 5) is 0. The first kappa shape index (κ1) is 10.4. The summed E-state index contributed by atoms with van der Waals surface area (Å²) >= 11 is 25.2. The van der Waals surface area contributed by atoms with Crippen LogP contribution in [0.1, 0.15) is 0 Å². The van der Waals surface area contributed by atoms with Crippen LogP contribution >= 0.6 is 58.0 Å². The summed E-state index contributed by atoms with van der Waals surface area (Å²) < 4.78 is 10.4. The summed E-state index contributed by atoms with van der Waals surface area (Å²) in [5, 5.41) is -2.49. The van der Waals surface area contributed by atoms with Crippen LogP contribution in [0.5, 0.6) is 0 Å². The van der Waals surface area contributed by atoms with Gasteiger partial charge in [0.15, 0.2) is 0 Å². The highest BCUT2D eigenvalue weighted by Crippen LogP contribution is 2.44. The second kappa shape index (κ2) is 3.19. The number of halogens is 6. The normalized spacial score (nSPS) is 19.3. The zero-order chi connectivity index (χ0) is 7.71. The first-order valence-corrected chi connectivity index (χ1v) is 3.86. The van der Waals surface area contributed by atoms with Gasteiger partial charge in [0, 0.05) is 0 Å². The molecule has 0 aromatic heterocycles. The van der Waals surface area contributed by atoms with Gasteiger partial charge in [0.2, 0.25) is 8.92 Å². The molecular formula is C3H2Cl5F. The van der Waals surface area contributed by atoms with Gasteiger partial charge in [0.25, 0.3) is 0 Å². The van der Waals surface area contributed by atoms with E-state index in [4.69, 9.17) is 58.0 Å².